The molecular weight excluding hydrogens is 450 g/mol. The molecule has 0 N–H and O–H groups in total. The Morgan fingerprint density at radius 3 is 2.51 bits per heavy atom. The van der Waals surface area contributed by atoms with Crippen molar-refractivity contribution in [3.05, 3.63) is 107 Å². The van der Waals surface area contributed by atoms with E-state index in [0.717, 1.165) is 37.3 Å². The van der Waals surface area contributed by atoms with E-state index in [9.17, 15) is 4.79 Å². The SMILES string of the molecule is C=CC(C)(C)CN1CCC(C/C=C\C=C(C2=C/C=C/CC\C=C\2C)\C(C)c2ccc(C(C)=O)cc2)CC1. The predicted molar refractivity (Wildman–Crippen MR) is 160 cm³/mol. The van der Waals surface area contributed by atoms with Crippen LogP contribution in [0.3, 0.4) is 0 Å². The van der Waals surface area contributed by atoms with Crippen LogP contribution >= 0.6 is 0 Å². The van der Waals surface area contributed by atoms with E-state index in [1.165, 1.54) is 48.2 Å². The van der Waals surface area contributed by atoms with E-state index in [4.69, 9.17) is 0 Å². The molecule has 2 heteroatoms. The zero-order valence-electron chi connectivity index (χ0n) is 23.8. The Hall–Kier alpha value is -2.71. The van der Waals surface area contributed by atoms with E-state index in [1.54, 1.807) is 6.92 Å². The highest BCUT2D eigenvalue weighted by Crippen LogP contribution is 2.34. The second-order valence-electron chi connectivity index (χ2n) is 11.6. The van der Waals surface area contributed by atoms with Crippen LogP contribution in [0.5, 0.6) is 0 Å². The number of rotatable bonds is 10. The van der Waals surface area contributed by atoms with Gasteiger partial charge in [0.05, 0.1) is 0 Å². The van der Waals surface area contributed by atoms with E-state index in [1.807, 2.05) is 12.1 Å². The summed E-state index contributed by atoms with van der Waals surface area (Å²) >= 11 is 0. The van der Waals surface area contributed by atoms with Gasteiger partial charge in [0.25, 0.3) is 0 Å². The highest BCUT2D eigenvalue weighted by Gasteiger charge is 2.23. The van der Waals surface area contributed by atoms with Crippen LogP contribution in [0, 0.1) is 11.3 Å². The van der Waals surface area contributed by atoms with Gasteiger partial charge in [-0.15, -0.1) is 6.58 Å². The fraction of sp³-hybridized carbons (Fsp3) is 0.457. The summed E-state index contributed by atoms with van der Waals surface area (Å²) in [6.07, 6.45) is 24.0. The van der Waals surface area contributed by atoms with Crippen molar-refractivity contribution in [2.45, 2.75) is 72.6 Å². The number of nitrogens with zero attached hydrogens (tertiary/aromatic N) is 1. The van der Waals surface area contributed by atoms with Crippen molar-refractivity contribution in [2.24, 2.45) is 11.3 Å². The second-order valence-corrected chi connectivity index (χ2v) is 11.6. The van der Waals surface area contributed by atoms with Gasteiger partial charge in [-0.2, -0.15) is 0 Å². The molecule has 1 aromatic carbocycles. The van der Waals surface area contributed by atoms with Gasteiger partial charge in [-0.05, 0) is 92.7 Å². The highest BCUT2D eigenvalue weighted by atomic mass is 16.1. The van der Waals surface area contributed by atoms with Crippen LogP contribution < -0.4 is 0 Å². The van der Waals surface area contributed by atoms with E-state index < -0.39 is 0 Å². The number of likely N-dealkylation sites (tertiary alicyclic amines) is 1. The van der Waals surface area contributed by atoms with E-state index in [2.05, 4.69) is 99.9 Å². The zero-order chi connectivity index (χ0) is 26.8. The molecule has 3 rings (SSSR count). The summed E-state index contributed by atoms with van der Waals surface area (Å²) in [6.45, 7) is 18.2. The molecule has 1 fully saturated rings. The summed E-state index contributed by atoms with van der Waals surface area (Å²) in [5.74, 6) is 1.10. The molecule has 0 radical (unpaired) electrons. The summed E-state index contributed by atoms with van der Waals surface area (Å²) in [7, 11) is 0. The number of benzene rings is 1. The van der Waals surface area contributed by atoms with Crippen LogP contribution in [-0.2, 0) is 0 Å². The van der Waals surface area contributed by atoms with Gasteiger partial charge < -0.3 is 4.90 Å². The minimum absolute atomic E-state index is 0.111. The molecular formula is C35H47NO. The minimum Gasteiger partial charge on any atom is -0.302 e. The van der Waals surface area contributed by atoms with Crippen molar-refractivity contribution < 1.29 is 4.79 Å². The second kappa shape index (κ2) is 13.7. The molecule has 1 heterocycles. The number of ketones is 1. The first kappa shape index (κ1) is 28.9. The van der Waals surface area contributed by atoms with E-state index in [0.29, 0.717) is 0 Å². The number of Topliss-reactive ketones (excluding diaryl/α,β-unsaturated/α-hetero) is 1. The van der Waals surface area contributed by atoms with Crippen molar-refractivity contribution in [1.29, 1.82) is 0 Å². The molecule has 0 bridgehead atoms. The third kappa shape index (κ3) is 8.68. The monoisotopic (exact) mass is 497 g/mol. The maximum atomic E-state index is 11.8. The molecule has 0 aromatic heterocycles. The lowest BCUT2D eigenvalue weighted by Gasteiger charge is -2.36. The van der Waals surface area contributed by atoms with Gasteiger partial charge in [-0.1, -0.05) is 93.6 Å². The number of piperidine rings is 1. The third-order valence-corrected chi connectivity index (χ3v) is 7.97. The highest BCUT2D eigenvalue weighted by molar-refractivity contribution is 5.94. The summed E-state index contributed by atoms with van der Waals surface area (Å²) < 4.78 is 0. The molecule has 37 heavy (non-hydrogen) atoms. The lowest BCUT2D eigenvalue weighted by Crippen LogP contribution is -2.39. The van der Waals surface area contributed by atoms with E-state index in [-0.39, 0.29) is 17.1 Å². The summed E-state index contributed by atoms with van der Waals surface area (Å²) in [5, 5.41) is 0. The number of hydrogen-bond donors (Lipinski definition) is 0. The van der Waals surface area contributed by atoms with Crippen LogP contribution in [0.4, 0.5) is 0 Å². The third-order valence-electron chi connectivity index (χ3n) is 7.97. The van der Waals surface area contributed by atoms with Crippen molar-refractivity contribution in [2.75, 3.05) is 19.6 Å². The molecule has 2 nitrogen and oxygen atoms in total. The smallest absolute Gasteiger partial charge is 0.159 e. The minimum atomic E-state index is 0.111. The number of carbonyl (C=O) groups excluding carboxylic acids is 1. The molecule has 1 saturated heterocycles. The van der Waals surface area contributed by atoms with Gasteiger partial charge in [0, 0.05) is 18.0 Å². The first-order valence-corrected chi connectivity index (χ1v) is 14.1. The predicted octanol–water partition coefficient (Wildman–Crippen LogP) is 9.01. The summed E-state index contributed by atoms with van der Waals surface area (Å²) in [5.41, 5.74) is 6.16. The van der Waals surface area contributed by atoms with Gasteiger partial charge in [-0.25, -0.2) is 0 Å². The molecule has 1 aliphatic heterocycles. The van der Waals surface area contributed by atoms with Gasteiger partial charge in [-0.3, -0.25) is 4.79 Å². The standard InChI is InChI=1S/C35H47NO/c1-7-35(5,6)26-36-24-22-30(23-25-36)15-12-13-17-34(33-16-11-9-8-10-14-27(33)2)28(3)31-18-20-32(21-19-31)29(4)37/h7,9,11-14,16-21,28,30H,1,8,10,15,22-26H2,2-6H3/b11-9+,13-12-,27-14+,33-16+,34-17-. The van der Waals surface area contributed by atoms with E-state index >= 15 is 0 Å². The van der Waals surface area contributed by atoms with Crippen LogP contribution in [0.1, 0.15) is 88.6 Å². The molecule has 0 amide bonds. The largest absolute Gasteiger partial charge is 0.302 e. The van der Waals surface area contributed by atoms with Crippen LogP contribution in [0.25, 0.3) is 0 Å². The summed E-state index contributed by atoms with van der Waals surface area (Å²) in [4.78, 5) is 14.4. The number of carbonyl (C=O) groups is 1. The van der Waals surface area contributed by atoms with Crippen molar-refractivity contribution >= 4 is 5.78 Å². The van der Waals surface area contributed by atoms with Crippen molar-refractivity contribution in [3.8, 4) is 0 Å². The fourth-order valence-corrected chi connectivity index (χ4v) is 5.34. The van der Waals surface area contributed by atoms with Gasteiger partial charge in [0.1, 0.15) is 0 Å². The zero-order valence-corrected chi connectivity index (χ0v) is 23.8. The Bertz CT molecular complexity index is 1070. The lowest BCUT2D eigenvalue weighted by atomic mass is 9.83. The fourth-order valence-electron chi connectivity index (χ4n) is 5.34. The Labute approximate surface area is 226 Å². The normalized spacial score (nSPS) is 22.9. The quantitative estimate of drug-likeness (QED) is 0.183. The molecule has 1 aromatic rings. The molecule has 0 saturated carbocycles. The van der Waals surface area contributed by atoms with Crippen LogP contribution in [-0.4, -0.2) is 30.3 Å². The first-order valence-electron chi connectivity index (χ1n) is 14.1. The molecule has 1 unspecified atom stereocenters. The average Bonchev–Trinajstić information content (AvgIpc) is 2.88. The van der Waals surface area contributed by atoms with Gasteiger partial charge in [0.15, 0.2) is 5.78 Å². The average molecular weight is 498 g/mol. The molecule has 1 aliphatic carbocycles. The Morgan fingerprint density at radius 2 is 1.86 bits per heavy atom. The van der Waals surface area contributed by atoms with Crippen molar-refractivity contribution in [1.82, 2.24) is 4.90 Å². The summed E-state index contributed by atoms with van der Waals surface area (Å²) in [6, 6.07) is 8.13. The topological polar surface area (TPSA) is 20.3 Å². The Kier molecular flexibility index (Phi) is 10.7. The molecule has 198 valence electrons. The molecule has 0 spiro atoms. The maximum Gasteiger partial charge on any atom is 0.159 e. The number of hydrogen-bond acceptors (Lipinski definition) is 2. The van der Waals surface area contributed by atoms with Crippen LogP contribution in [0.2, 0.25) is 0 Å². The number of allylic oxidation sites excluding steroid dienone is 10. The lowest BCUT2D eigenvalue weighted by molar-refractivity contribution is 0.101. The maximum absolute atomic E-state index is 11.8. The van der Waals surface area contributed by atoms with Gasteiger partial charge in [0.2, 0.25) is 0 Å². The Morgan fingerprint density at radius 1 is 1.16 bits per heavy atom. The molecule has 2 aliphatic rings. The van der Waals surface area contributed by atoms with Gasteiger partial charge >= 0.3 is 0 Å². The van der Waals surface area contributed by atoms with Crippen LogP contribution in [0.15, 0.2) is 96.2 Å². The first-order chi connectivity index (χ1) is 17.7. The Balaban J connectivity index is 1.74. The van der Waals surface area contributed by atoms with Crippen molar-refractivity contribution in [3.63, 3.8) is 0 Å². The molecule has 1 atom stereocenters.